The van der Waals surface area contributed by atoms with Gasteiger partial charge in [0.15, 0.2) is 0 Å². The molecule has 0 radical (unpaired) electrons. The van der Waals surface area contributed by atoms with Crippen LogP contribution in [0.15, 0.2) is 72.9 Å². The Balaban J connectivity index is 1.51. The van der Waals surface area contributed by atoms with Crippen molar-refractivity contribution >= 4 is 11.8 Å². The van der Waals surface area contributed by atoms with Crippen LogP contribution in [0.2, 0.25) is 0 Å². The van der Waals surface area contributed by atoms with Crippen molar-refractivity contribution in [2.24, 2.45) is 0 Å². The fourth-order valence-corrected chi connectivity index (χ4v) is 3.43. The summed E-state index contributed by atoms with van der Waals surface area (Å²) >= 11 is 0. The minimum absolute atomic E-state index is 0.0741. The summed E-state index contributed by atoms with van der Waals surface area (Å²) in [5.41, 5.74) is 3.05. The first-order valence-corrected chi connectivity index (χ1v) is 11.4. The van der Waals surface area contributed by atoms with Gasteiger partial charge in [-0.1, -0.05) is 30.3 Å². The van der Waals surface area contributed by atoms with Crippen LogP contribution in [0.5, 0.6) is 11.6 Å². The van der Waals surface area contributed by atoms with Crippen molar-refractivity contribution in [1.29, 1.82) is 0 Å². The van der Waals surface area contributed by atoms with E-state index in [0.29, 0.717) is 18.8 Å². The maximum atomic E-state index is 12.1. The Morgan fingerprint density at radius 1 is 1.00 bits per heavy atom. The lowest BCUT2D eigenvalue weighted by molar-refractivity contribution is -0.175. The third-order valence-electron chi connectivity index (χ3n) is 5.23. The average Bonchev–Trinajstić information content (AvgIpc) is 2.86. The van der Waals surface area contributed by atoms with Gasteiger partial charge in [0.1, 0.15) is 12.4 Å². The zero-order valence-electron chi connectivity index (χ0n) is 20.7. The molecule has 0 aliphatic heterocycles. The van der Waals surface area contributed by atoms with Crippen molar-refractivity contribution in [2.75, 3.05) is 39.3 Å². The number of carbonyl (C=O) groups excluding carboxylic acids is 1. The van der Waals surface area contributed by atoms with Gasteiger partial charge in [0.2, 0.25) is 11.7 Å². The predicted molar refractivity (Wildman–Crippen MR) is 135 cm³/mol. The number of nitrogens with zero attached hydrogens (tertiary/aromatic N) is 2. The molecule has 1 atom stereocenters. The van der Waals surface area contributed by atoms with Crippen LogP contribution >= 0.6 is 0 Å². The number of alkyl carbamates (subject to hydrolysis) is 1. The van der Waals surface area contributed by atoms with E-state index in [9.17, 15) is 4.79 Å². The van der Waals surface area contributed by atoms with Gasteiger partial charge >= 0.3 is 6.09 Å². The number of nitrogens with one attached hydrogen (secondary N) is 1. The van der Waals surface area contributed by atoms with Gasteiger partial charge in [0, 0.05) is 51.9 Å². The number of amides is 1. The fraction of sp³-hybridized carbons (Fsp3) is 0.333. The molecular formula is C27H33N3O5. The van der Waals surface area contributed by atoms with Crippen LogP contribution in [-0.4, -0.2) is 51.3 Å². The number of pyridine rings is 1. The molecule has 1 amide bonds. The van der Waals surface area contributed by atoms with Gasteiger partial charge in [-0.05, 0) is 41.5 Å². The number of hydrogen-bond acceptors (Lipinski definition) is 7. The van der Waals surface area contributed by atoms with Gasteiger partial charge in [-0.25, -0.2) is 9.78 Å². The van der Waals surface area contributed by atoms with Gasteiger partial charge in [-0.2, -0.15) is 0 Å². The average molecular weight is 480 g/mol. The maximum Gasteiger partial charge on any atom is 0.407 e. The maximum absolute atomic E-state index is 12.1. The van der Waals surface area contributed by atoms with Gasteiger partial charge in [0.25, 0.3) is 0 Å². The largest absolute Gasteiger partial charge is 0.497 e. The number of carbonyl (C=O) groups is 1. The first kappa shape index (κ1) is 25.8. The first-order chi connectivity index (χ1) is 16.9. The molecule has 186 valence electrons. The lowest BCUT2D eigenvalue weighted by atomic mass is 10.1. The molecule has 1 heterocycles. The van der Waals surface area contributed by atoms with E-state index in [1.54, 1.807) is 19.4 Å². The second-order valence-electron chi connectivity index (χ2n) is 8.33. The van der Waals surface area contributed by atoms with E-state index in [1.165, 1.54) is 0 Å². The minimum Gasteiger partial charge on any atom is -0.497 e. The lowest BCUT2D eigenvalue weighted by Crippen LogP contribution is -2.40. The molecule has 0 saturated carbocycles. The number of aromatic nitrogens is 1. The quantitative estimate of drug-likeness (QED) is 0.304. The summed E-state index contributed by atoms with van der Waals surface area (Å²) in [4.78, 5) is 18.4. The summed E-state index contributed by atoms with van der Waals surface area (Å²) in [6.45, 7) is 2.44. The SMILES string of the molecule is COc1cccc(CC(C)(OCCOC(=O)NCc2ccc(N(C)C)cc2)Oc2ccccn2)c1. The van der Waals surface area contributed by atoms with Crippen molar-refractivity contribution in [2.45, 2.75) is 25.7 Å². The number of methoxy groups -OCH3 is 1. The first-order valence-electron chi connectivity index (χ1n) is 11.4. The highest BCUT2D eigenvalue weighted by molar-refractivity contribution is 5.67. The Morgan fingerprint density at radius 3 is 2.49 bits per heavy atom. The van der Waals surface area contributed by atoms with E-state index >= 15 is 0 Å². The standard InChI is InChI=1S/C27H33N3O5/c1-27(35-25-10-5-6-15-28-25,19-22-8-7-9-24(18-22)32-4)34-17-16-33-26(31)29-20-21-11-13-23(14-12-21)30(2)3/h5-15,18H,16-17,19-20H2,1-4H3,(H,29,31). The number of ether oxygens (including phenoxy) is 4. The second kappa shape index (κ2) is 12.6. The van der Waals surface area contributed by atoms with Gasteiger partial charge in [-0.3, -0.25) is 0 Å². The Bertz CT molecular complexity index is 1060. The fourth-order valence-electron chi connectivity index (χ4n) is 3.43. The van der Waals surface area contributed by atoms with Gasteiger partial charge < -0.3 is 29.2 Å². The third-order valence-corrected chi connectivity index (χ3v) is 5.23. The summed E-state index contributed by atoms with van der Waals surface area (Å²) < 4.78 is 22.7. The highest BCUT2D eigenvalue weighted by Gasteiger charge is 2.29. The number of benzene rings is 2. The van der Waals surface area contributed by atoms with Crippen LogP contribution in [-0.2, 0) is 22.4 Å². The molecule has 0 aliphatic rings. The Labute approximate surface area is 206 Å². The van der Waals surface area contributed by atoms with E-state index < -0.39 is 11.9 Å². The molecule has 0 aliphatic carbocycles. The van der Waals surface area contributed by atoms with Crippen LogP contribution in [0.1, 0.15) is 18.1 Å². The normalized spacial score (nSPS) is 12.3. The zero-order valence-corrected chi connectivity index (χ0v) is 20.7. The molecule has 1 unspecified atom stereocenters. The molecule has 0 spiro atoms. The molecule has 1 N–H and O–H groups in total. The summed E-state index contributed by atoms with van der Waals surface area (Å²) in [7, 11) is 5.59. The molecule has 8 nitrogen and oxygen atoms in total. The smallest absolute Gasteiger partial charge is 0.407 e. The Kier molecular flexibility index (Phi) is 9.31. The molecule has 0 bridgehead atoms. The third kappa shape index (κ3) is 8.50. The van der Waals surface area contributed by atoms with Crippen molar-refractivity contribution < 1.29 is 23.7 Å². The Morgan fingerprint density at radius 2 is 1.80 bits per heavy atom. The topological polar surface area (TPSA) is 82.2 Å². The van der Waals surface area contributed by atoms with Crippen LogP contribution in [0, 0.1) is 0 Å². The number of anilines is 1. The monoisotopic (exact) mass is 479 g/mol. The van der Waals surface area contributed by atoms with Crippen molar-refractivity contribution in [3.05, 3.63) is 84.1 Å². The second-order valence-corrected chi connectivity index (χ2v) is 8.33. The van der Waals surface area contributed by atoms with E-state index in [-0.39, 0.29) is 13.2 Å². The van der Waals surface area contributed by atoms with E-state index in [0.717, 1.165) is 22.6 Å². The van der Waals surface area contributed by atoms with E-state index in [4.69, 9.17) is 18.9 Å². The molecule has 0 saturated heterocycles. The molecule has 1 aromatic heterocycles. The highest BCUT2D eigenvalue weighted by atomic mass is 16.7. The molecule has 0 fully saturated rings. The lowest BCUT2D eigenvalue weighted by Gasteiger charge is -2.30. The van der Waals surface area contributed by atoms with Crippen LogP contribution < -0.4 is 19.7 Å². The summed E-state index contributed by atoms with van der Waals surface area (Å²) in [5, 5.41) is 2.75. The van der Waals surface area contributed by atoms with Crippen LogP contribution in [0.25, 0.3) is 0 Å². The highest BCUT2D eigenvalue weighted by Crippen LogP contribution is 2.24. The van der Waals surface area contributed by atoms with Crippen LogP contribution in [0.4, 0.5) is 10.5 Å². The molecular weight excluding hydrogens is 446 g/mol. The number of hydrogen-bond donors (Lipinski definition) is 1. The molecule has 3 rings (SSSR count). The van der Waals surface area contributed by atoms with Crippen molar-refractivity contribution in [3.8, 4) is 11.6 Å². The molecule has 35 heavy (non-hydrogen) atoms. The van der Waals surface area contributed by atoms with E-state index in [1.807, 2.05) is 86.6 Å². The van der Waals surface area contributed by atoms with Gasteiger partial charge in [0.05, 0.1) is 13.7 Å². The summed E-state index contributed by atoms with van der Waals surface area (Å²) in [6.07, 6.45) is 1.59. The summed E-state index contributed by atoms with van der Waals surface area (Å²) in [6, 6.07) is 21.1. The van der Waals surface area contributed by atoms with Gasteiger partial charge in [-0.15, -0.1) is 0 Å². The molecule has 2 aromatic carbocycles. The minimum atomic E-state index is -1.03. The van der Waals surface area contributed by atoms with Crippen molar-refractivity contribution in [1.82, 2.24) is 10.3 Å². The van der Waals surface area contributed by atoms with E-state index in [2.05, 4.69) is 10.3 Å². The molecule has 3 aromatic rings. The number of rotatable bonds is 12. The van der Waals surface area contributed by atoms with Crippen molar-refractivity contribution in [3.63, 3.8) is 0 Å². The van der Waals surface area contributed by atoms with Crippen LogP contribution in [0.3, 0.4) is 0 Å². The predicted octanol–water partition coefficient (Wildman–Crippen LogP) is 4.44. The molecule has 8 heteroatoms. The summed E-state index contributed by atoms with van der Waals surface area (Å²) in [5.74, 6) is 0.158. The zero-order chi connectivity index (χ0) is 25.1. The Hall–Kier alpha value is -3.78.